The quantitative estimate of drug-likeness (QED) is 0.905. The summed E-state index contributed by atoms with van der Waals surface area (Å²) in [6, 6.07) is 3.52. The minimum atomic E-state index is -4.43. The number of carbonyl (C=O) groups is 1. The molecule has 1 heterocycles. The highest BCUT2D eigenvalue weighted by Crippen LogP contribution is 2.29. The Morgan fingerprint density at radius 1 is 1.33 bits per heavy atom. The number of hydrogen-bond donors (Lipinski definition) is 2. The molecule has 9 heteroatoms. The van der Waals surface area contributed by atoms with Gasteiger partial charge in [-0.05, 0) is 30.7 Å². The third kappa shape index (κ3) is 3.56. The van der Waals surface area contributed by atoms with Crippen LogP contribution in [0.2, 0.25) is 0 Å². The molecule has 1 aromatic heterocycles. The summed E-state index contributed by atoms with van der Waals surface area (Å²) in [6.45, 7) is 1.81. The number of amides is 1. The molecule has 0 radical (unpaired) electrons. The highest BCUT2D eigenvalue weighted by atomic mass is 19.4. The summed E-state index contributed by atoms with van der Waals surface area (Å²) in [5.41, 5.74) is -0.672. The molecule has 0 spiro atoms. The molecule has 2 aromatic rings. The summed E-state index contributed by atoms with van der Waals surface area (Å²) in [7, 11) is 0. The highest BCUT2D eigenvalue weighted by Gasteiger charge is 2.30. The number of aromatic nitrogens is 4. The summed E-state index contributed by atoms with van der Waals surface area (Å²) in [4.78, 5) is 12.0. The maximum absolute atomic E-state index is 12.4. The summed E-state index contributed by atoms with van der Waals surface area (Å²) < 4.78 is 37.3. The average molecular weight is 299 g/mol. The first kappa shape index (κ1) is 14.9. The maximum Gasteiger partial charge on any atom is 0.416 e. The monoisotopic (exact) mass is 299 g/mol. The van der Waals surface area contributed by atoms with E-state index in [-0.39, 0.29) is 5.56 Å². The third-order valence-corrected chi connectivity index (χ3v) is 2.86. The Labute approximate surface area is 117 Å². The van der Waals surface area contributed by atoms with Gasteiger partial charge in [0.05, 0.1) is 11.6 Å². The van der Waals surface area contributed by atoms with Crippen LogP contribution >= 0.6 is 0 Å². The lowest BCUT2D eigenvalue weighted by molar-refractivity contribution is -0.137. The van der Waals surface area contributed by atoms with Crippen LogP contribution in [-0.4, -0.2) is 26.5 Å². The molecule has 2 N–H and O–H groups in total. The van der Waals surface area contributed by atoms with Crippen molar-refractivity contribution in [2.75, 3.05) is 0 Å². The molecule has 2 rings (SSSR count). The molecule has 21 heavy (non-hydrogen) atoms. The van der Waals surface area contributed by atoms with Crippen molar-refractivity contribution in [3.05, 3.63) is 41.2 Å². The number of aromatic amines is 1. The van der Waals surface area contributed by atoms with Crippen LogP contribution < -0.4 is 5.32 Å². The van der Waals surface area contributed by atoms with Gasteiger partial charge in [0.25, 0.3) is 5.91 Å². The Morgan fingerprint density at radius 2 is 2.00 bits per heavy atom. The smallest absolute Gasteiger partial charge is 0.342 e. The number of nitrogens with one attached hydrogen (secondary N) is 2. The van der Waals surface area contributed by atoms with Crippen molar-refractivity contribution in [1.82, 2.24) is 25.9 Å². The zero-order valence-corrected chi connectivity index (χ0v) is 11.0. The SMILES string of the molecule is CCC(NC(=O)c1ccc(C(F)(F)F)cc1)c1nn[nH]n1. The lowest BCUT2D eigenvalue weighted by Gasteiger charge is -2.13. The van der Waals surface area contributed by atoms with E-state index in [0.717, 1.165) is 24.3 Å². The highest BCUT2D eigenvalue weighted by molar-refractivity contribution is 5.94. The minimum Gasteiger partial charge on any atom is -0.342 e. The van der Waals surface area contributed by atoms with E-state index in [9.17, 15) is 18.0 Å². The second-order valence-corrected chi connectivity index (χ2v) is 4.28. The van der Waals surface area contributed by atoms with Gasteiger partial charge in [0.15, 0.2) is 5.82 Å². The van der Waals surface area contributed by atoms with E-state index in [1.165, 1.54) is 0 Å². The molecule has 112 valence electrons. The van der Waals surface area contributed by atoms with E-state index in [4.69, 9.17) is 0 Å². The first-order valence-electron chi connectivity index (χ1n) is 6.13. The summed E-state index contributed by atoms with van der Waals surface area (Å²) in [6.07, 6.45) is -3.91. The van der Waals surface area contributed by atoms with E-state index in [1.54, 1.807) is 0 Å². The maximum atomic E-state index is 12.4. The number of tetrazole rings is 1. The van der Waals surface area contributed by atoms with Crippen LogP contribution in [0.25, 0.3) is 0 Å². The van der Waals surface area contributed by atoms with Gasteiger partial charge in [-0.25, -0.2) is 0 Å². The van der Waals surface area contributed by atoms with E-state index >= 15 is 0 Å². The van der Waals surface area contributed by atoms with E-state index < -0.39 is 23.7 Å². The molecule has 0 aliphatic heterocycles. The van der Waals surface area contributed by atoms with Gasteiger partial charge in [0, 0.05) is 5.56 Å². The summed E-state index contributed by atoms with van der Waals surface area (Å²) >= 11 is 0. The van der Waals surface area contributed by atoms with Crippen molar-refractivity contribution in [3.63, 3.8) is 0 Å². The summed E-state index contributed by atoms with van der Waals surface area (Å²) in [5.74, 6) is -0.182. The Morgan fingerprint density at radius 3 is 2.48 bits per heavy atom. The van der Waals surface area contributed by atoms with E-state index in [0.29, 0.717) is 12.2 Å². The first-order chi connectivity index (χ1) is 9.91. The van der Waals surface area contributed by atoms with Crippen LogP contribution in [0.5, 0.6) is 0 Å². The number of carbonyl (C=O) groups excluding carboxylic acids is 1. The van der Waals surface area contributed by atoms with Crippen LogP contribution in [0.1, 0.15) is 41.1 Å². The van der Waals surface area contributed by atoms with Gasteiger partial charge in [0.1, 0.15) is 0 Å². The second kappa shape index (κ2) is 5.90. The molecule has 1 amide bonds. The number of halogens is 3. The van der Waals surface area contributed by atoms with Gasteiger partial charge in [-0.3, -0.25) is 4.79 Å². The molecule has 0 saturated heterocycles. The fourth-order valence-electron chi connectivity index (χ4n) is 1.72. The van der Waals surface area contributed by atoms with Gasteiger partial charge in [-0.2, -0.15) is 18.4 Å². The lowest BCUT2D eigenvalue weighted by atomic mass is 10.1. The number of H-pyrrole nitrogens is 1. The van der Waals surface area contributed by atoms with Crippen molar-refractivity contribution in [3.8, 4) is 0 Å². The molecular formula is C12H12F3N5O. The normalized spacial score (nSPS) is 13.0. The number of benzene rings is 1. The molecule has 0 saturated carbocycles. The molecule has 0 fully saturated rings. The van der Waals surface area contributed by atoms with Crippen molar-refractivity contribution < 1.29 is 18.0 Å². The van der Waals surface area contributed by atoms with Crippen LogP contribution in [-0.2, 0) is 6.18 Å². The molecule has 0 bridgehead atoms. The molecule has 0 aliphatic rings. The van der Waals surface area contributed by atoms with Gasteiger partial charge in [-0.15, -0.1) is 10.2 Å². The third-order valence-electron chi connectivity index (χ3n) is 2.86. The van der Waals surface area contributed by atoms with Crippen molar-refractivity contribution in [2.24, 2.45) is 0 Å². The Balaban J connectivity index is 2.09. The zero-order chi connectivity index (χ0) is 15.5. The fourth-order valence-corrected chi connectivity index (χ4v) is 1.72. The van der Waals surface area contributed by atoms with Crippen LogP contribution in [0, 0.1) is 0 Å². The van der Waals surface area contributed by atoms with E-state index in [1.807, 2.05) is 6.92 Å². The molecular weight excluding hydrogens is 287 g/mol. The van der Waals surface area contributed by atoms with Crippen LogP contribution in [0.4, 0.5) is 13.2 Å². The second-order valence-electron chi connectivity index (χ2n) is 4.28. The number of rotatable bonds is 4. The Hall–Kier alpha value is -2.45. The largest absolute Gasteiger partial charge is 0.416 e. The Bertz CT molecular complexity index is 594. The predicted octanol–water partition coefficient (Wildman–Crippen LogP) is 2.10. The number of hydrogen-bond acceptors (Lipinski definition) is 4. The van der Waals surface area contributed by atoms with Gasteiger partial charge in [-0.1, -0.05) is 12.1 Å². The molecule has 1 aromatic carbocycles. The first-order valence-corrected chi connectivity index (χ1v) is 6.13. The predicted molar refractivity (Wildman–Crippen MR) is 66.1 cm³/mol. The van der Waals surface area contributed by atoms with Gasteiger partial charge in [0.2, 0.25) is 0 Å². The molecule has 0 aliphatic carbocycles. The van der Waals surface area contributed by atoms with Crippen LogP contribution in [0.3, 0.4) is 0 Å². The summed E-state index contributed by atoms with van der Waals surface area (Å²) in [5, 5.41) is 15.9. The topological polar surface area (TPSA) is 83.6 Å². The minimum absolute atomic E-state index is 0.130. The van der Waals surface area contributed by atoms with Crippen molar-refractivity contribution in [2.45, 2.75) is 25.6 Å². The van der Waals surface area contributed by atoms with E-state index in [2.05, 4.69) is 25.9 Å². The van der Waals surface area contributed by atoms with Gasteiger partial charge < -0.3 is 5.32 Å². The molecule has 6 nitrogen and oxygen atoms in total. The average Bonchev–Trinajstić information content (AvgIpc) is 2.97. The molecule has 1 atom stereocenters. The van der Waals surface area contributed by atoms with Crippen LogP contribution in [0.15, 0.2) is 24.3 Å². The zero-order valence-electron chi connectivity index (χ0n) is 11.0. The number of nitrogens with zero attached hydrogens (tertiary/aromatic N) is 3. The van der Waals surface area contributed by atoms with Crippen molar-refractivity contribution >= 4 is 5.91 Å². The standard InChI is InChI=1S/C12H12F3N5O/c1-2-9(10-17-19-20-18-10)16-11(21)7-3-5-8(6-4-7)12(13,14)15/h3-6,9H,2H2,1H3,(H,16,21)(H,17,18,19,20). The van der Waals surface area contributed by atoms with Crippen molar-refractivity contribution in [1.29, 1.82) is 0 Å². The lowest BCUT2D eigenvalue weighted by Crippen LogP contribution is -2.29. The Kier molecular flexibility index (Phi) is 4.20. The molecule has 1 unspecified atom stereocenters. The van der Waals surface area contributed by atoms with Gasteiger partial charge >= 0.3 is 6.18 Å². The number of alkyl halides is 3. The fraction of sp³-hybridized carbons (Fsp3) is 0.333.